The Bertz CT molecular complexity index is 600. The Labute approximate surface area is 126 Å². The van der Waals surface area contributed by atoms with Gasteiger partial charge in [-0.2, -0.15) is 0 Å². The van der Waals surface area contributed by atoms with Gasteiger partial charge in [0.15, 0.2) is 5.82 Å². The predicted octanol–water partition coefficient (Wildman–Crippen LogP) is 5.56. The largest absolute Gasteiger partial charge is 0.477 e. The van der Waals surface area contributed by atoms with Gasteiger partial charge < -0.3 is 5.11 Å². The lowest BCUT2D eigenvalue weighted by Crippen LogP contribution is -2.02. The zero-order valence-electron chi connectivity index (χ0n) is 11.7. The minimum absolute atomic E-state index is 0.161. The monoisotopic (exact) mass is 314 g/mol. The standard InChI is InChI=1S/C15H19FO2S2/c1-3-5-6-9(4-2)7-10-12-11(8-19-10)20-14(13(12)16)15(17)18/h8-9H,3-7H2,1-2H3,(H,17,18). The van der Waals surface area contributed by atoms with Crippen LogP contribution in [-0.2, 0) is 6.42 Å². The van der Waals surface area contributed by atoms with Gasteiger partial charge in [-0.05, 0) is 12.3 Å². The molecule has 0 aliphatic carbocycles. The molecule has 1 N–H and O–H groups in total. The molecule has 0 saturated carbocycles. The molecule has 0 aromatic carbocycles. The van der Waals surface area contributed by atoms with Crippen molar-refractivity contribution in [1.29, 1.82) is 0 Å². The fourth-order valence-corrected chi connectivity index (χ4v) is 4.68. The highest BCUT2D eigenvalue weighted by atomic mass is 32.1. The van der Waals surface area contributed by atoms with E-state index in [1.165, 1.54) is 12.8 Å². The molecule has 0 spiro atoms. The van der Waals surface area contributed by atoms with Crippen molar-refractivity contribution in [3.8, 4) is 0 Å². The van der Waals surface area contributed by atoms with Crippen molar-refractivity contribution >= 4 is 38.7 Å². The van der Waals surface area contributed by atoms with Crippen LogP contribution in [0.3, 0.4) is 0 Å². The SMILES string of the molecule is CCCCC(CC)Cc1scc2sc(C(=O)O)c(F)c12. The van der Waals surface area contributed by atoms with E-state index in [9.17, 15) is 9.18 Å². The molecule has 0 saturated heterocycles. The Morgan fingerprint density at radius 1 is 1.45 bits per heavy atom. The lowest BCUT2D eigenvalue weighted by atomic mass is 9.94. The number of halogens is 1. The van der Waals surface area contributed by atoms with Crippen molar-refractivity contribution in [2.24, 2.45) is 5.92 Å². The lowest BCUT2D eigenvalue weighted by Gasteiger charge is -2.13. The molecule has 0 fully saturated rings. The molecule has 0 aliphatic heterocycles. The molecule has 5 heteroatoms. The van der Waals surface area contributed by atoms with Crippen LogP contribution in [0.15, 0.2) is 5.38 Å². The summed E-state index contributed by atoms with van der Waals surface area (Å²) >= 11 is 2.60. The van der Waals surface area contributed by atoms with Gasteiger partial charge in [-0.3, -0.25) is 0 Å². The Morgan fingerprint density at radius 3 is 2.80 bits per heavy atom. The first-order chi connectivity index (χ1) is 9.58. The summed E-state index contributed by atoms with van der Waals surface area (Å²) in [5.41, 5.74) is 0. The summed E-state index contributed by atoms with van der Waals surface area (Å²) in [4.78, 5) is 11.8. The van der Waals surface area contributed by atoms with Crippen molar-refractivity contribution < 1.29 is 14.3 Å². The number of carboxylic acid groups (broad SMARTS) is 1. The Kier molecular flexibility index (Phi) is 5.16. The van der Waals surface area contributed by atoms with E-state index in [1.807, 2.05) is 5.38 Å². The van der Waals surface area contributed by atoms with Crippen LogP contribution in [0.4, 0.5) is 4.39 Å². The second-order valence-electron chi connectivity index (χ2n) is 5.07. The Morgan fingerprint density at radius 2 is 2.20 bits per heavy atom. The van der Waals surface area contributed by atoms with Gasteiger partial charge in [0.2, 0.25) is 0 Å². The lowest BCUT2D eigenvalue weighted by molar-refractivity contribution is 0.0698. The number of unbranched alkanes of at least 4 members (excludes halogenated alkanes) is 1. The number of carboxylic acids is 1. The summed E-state index contributed by atoms with van der Waals surface area (Å²) in [5, 5.41) is 11.4. The van der Waals surface area contributed by atoms with Crippen LogP contribution in [0.5, 0.6) is 0 Å². The van der Waals surface area contributed by atoms with Crippen LogP contribution in [0.25, 0.3) is 10.1 Å². The van der Waals surface area contributed by atoms with Gasteiger partial charge in [-0.1, -0.05) is 39.5 Å². The van der Waals surface area contributed by atoms with E-state index >= 15 is 0 Å². The van der Waals surface area contributed by atoms with E-state index in [2.05, 4.69) is 13.8 Å². The molecule has 2 heterocycles. The van der Waals surface area contributed by atoms with Crippen LogP contribution < -0.4 is 0 Å². The van der Waals surface area contributed by atoms with Crippen molar-refractivity contribution in [2.75, 3.05) is 0 Å². The van der Waals surface area contributed by atoms with Gasteiger partial charge in [0.1, 0.15) is 4.88 Å². The van der Waals surface area contributed by atoms with E-state index in [-0.39, 0.29) is 4.88 Å². The molecule has 0 radical (unpaired) electrons. The molecular weight excluding hydrogens is 295 g/mol. The van der Waals surface area contributed by atoms with Crippen LogP contribution in [0.1, 0.15) is 54.1 Å². The van der Waals surface area contributed by atoms with Crippen LogP contribution >= 0.6 is 22.7 Å². The first-order valence-corrected chi connectivity index (χ1v) is 8.69. The number of hydrogen-bond acceptors (Lipinski definition) is 3. The highest BCUT2D eigenvalue weighted by Crippen LogP contribution is 2.38. The number of hydrogen-bond donors (Lipinski definition) is 1. The zero-order valence-corrected chi connectivity index (χ0v) is 13.4. The molecule has 2 nitrogen and oxygen atoms in total. The summed E-state index contributed by atoms with van der Waals surface area (Å²) in [5.74, 6) is -1.15. The van der Waals surface area contributed by atoms with Gasteiger partial charge in [-0.15, -0.1) is 22.7 Å². The summed E-state index contributed by atoms with van der Waals surface area (Å²) in [6.07, 6.45) is 5.46. The molecule has 0 bridgehead atoms. The average molecular weight is 314 g/mol. The second-order valence-corrected chi connectivity index (χ2v) is 7.09. The maximum atomic E-state index is 14.2. The van der Waals surface area contributed by atoms with Gasteiger partial charge in [0.25, 0.3) is 0 Å². The predicted molar refractivity (Wildman–Crippen MR) is 83.6 cm³/mol. The molecule has 1 unspecified atom stereocenters. The second kappa shape index (κ2) is 6.68. The molecule has 2 aromatic rings. The van der Waals surface area contributed by atoms with Crippen LogP contribution in [0, 0.1) is 11.7 Å². The van der Waals surface area contributed by atoms with Crippen molar-refractivity contribution in [3.05, 3.63) is 21.0 Å². The average Bonchev–Trinajstić information content (AvgIpc) is 2.96. The summed E-state index contributed by atoms with van der Waals surface area (Å²) in [6, 6.07) is 0. The number of thiophene rings is 2. The van der Waals surface area contributed by atoms with Crippen molar-refractivity contribution in [3.63, 3.8) is 0 Å². The summed E-state index contributed by atoms with van der Waals surface area (Å²) in [6.45, 7) is 4.34. The number of fused-ring (bicyclic) bond motifs is 1. The van der Waals surface area contributed by atoms with Crippen LogP contribution in [0.2, 0.25) is 0 Å². The zero-order chi connectivity index (χ0) is 14.7. The smallest absolute Gasteiger partial charge is 0.348 e. The molecule has 2 rings (SSSR count). The Balaban J connectivity index is 2.28. The summed E-state index contributed by atoms with van der Waals surface area (Å²) in [7, 11) is 0. The van der Waals surface area contributed by atoms with Gasteiger partial charge in [0.05, 0.1) is 0 Å². The third kappa shape index (κ3) is 3.04. The number of carbonyl (C=O) groups is 1. The number of aromatic carboxylic acids is 1. The van der Waals surface area contributed by atoms with Gasteiger partial charge >= 0.3 is 5.97 Å². The third-order valence-electron chi connectivity index (χ3n) is 3.68. The Hall–Kier alpha value is -0.940. The van der Waals surface area contributed by atoms with E-state index in [0.717, 1.165) is 40.2 Å². The van der Waals surface area contributed by atoms with E-state index < -0.39 is 11.8 Å². The van der Waals surface area contributed by atoms with Crippen molar-refractivity contribution in [1.82, 2.24) is 0 Å². The van der Waals surface area contributed by atoms with Gasteiger partial charge in [0, 0.05) is 20.3 Å². The normalized spacial score (nSPS) is 12.9. The molecule has 1 atom stereocenters. The molecule has 20 heavy (non-hydrogen) atoms. The number of rotatable bonds is 7. The minimum Gasteiger partial charge on any atom is -0.477 e. The molecule has 0 aliphatic rings. The van der Waals surface area contributed by atoms with E-state index in [1.54, 1.807) is 11.3 Å². The quantitative estimate of drug-likeness (QED) is 0.726. The fourth-order valence-electron chi connectivity index (χ4n) is 2.45. The molecule has 2 aromatic heterocycles. The maximum absolute atomic E-state index is 14.2. The maximum Gasteiger partial charge on any atom is 0.348 e. The van der Waals surface area contributed by atoms with Crippen molar-refractivity contribution in [2.45, 2.75) is 46.0 Å². The molecular formula is C15H19FO2S2. The highest BCUT2D eigenvalue weighted by Gasteiger charge is 2.22. The molecule has 0 amide bonds. The highest BCUT2D eigenvalue weighted by molar-refractivity contribution is 7.24. The topological polar surface area (TPSA) is 37.3 Å². The van der Waals surface area contributed by atoms with Gasteiger partial charge in [-0.25, -0.2) is 9.18 Å². The summed E-state index contributed by atoms with van der Waals surface area (Å²) < 4.78 is 15.0. The fraction of sp³-hybridized carbons (Fsp3) is 0.533. The minimum atomic E-state index is -1.17. The third-order valence-corrected chi connectivity index (χ3v) is 5.93. The first-order valence-electron chi connectivity index (χ1n) is 7.00. The van der Waals surface area contributed by atoms with E-state index in [4.69, 9.17) is 5.11 Å². The van der Waals surface area contributed by atoms with E-state index in [0.29, 0.717) is 11.3 Å². The molecule has 110 valence electrons. The first kappa shape index (κ1) is 15.4. The van der Waals surface area contributed by atoms with Crippen LogP contribution in [-0.4, -0.2) is 11.1 Å².